The second-order valence-corrected chi connectivity index (χ2v) is 7.89. The van der Waals surface area contributed by atoms with Crippen molar-refractivity contribution in [2.75, 3.05) is 24.6 Å². The van der Waals surface area contributed by atoms with Crippen LogP contribution in [0.25, 0.3) is 0 Å². The van der Waals surface area contributed by atoms with Crippen LogP contribution in [0.1, 0.15) is 27.0 Å². The standard InChI is InChI=1S/C13H19NO2S2/c1-9-7-14(4-5-18(16)8-9)13(15)12-6-10(2)11(3)17-12/h6,9H,4-5,7-8H2,1-3H3/t9-,18-/m1/s1. The van der Waals surface area contributed by atoms with E-state index in [0.717, 1.165) is 11.4 Å². The molecule has 2 heterocycles. The minimum Gasteiger partial charge on any atom is -0.337 e. The van der Waals surface area contributed by atoms with E-state index in [1.807, 2.05) is 24.8 Å². The van der Waals surface area contributed by atoms with Crippen LogP contribution < -0.4 is 0 Å². The third-order valence-corrected chi connectivity index (χ3v) is 5.97. The Bertz CT molecular complexity index is 462. The molecule has 0 saturated carbocycles. The van der Waals surface area contributed by atoms with Gasteiger partial charge in [-0.15, -0.1) is 11.3 Å². The Hall–Kier alpha value is -0.680. The molecule has 1 aliphatic heterocycles. The summed E-state index contributed by atoms with van der Waals surface area (Å²) in [6.45, 7) is 7.47. The summed E-state index contributed by atoms with van der Waals surface area (Å²) in [5, 5.41) is 0. The number of rotatable bonds is 1. The minimum absolute atomic E-state index is 0.0990. The van der Waals surface area contributed by atoms with Crippen LogP contribution in [-0.2, 0) is 10.8 Å². The van der Waals surface area contributed by atoms with Gasteiger partial charge in [0.05, 0.1) is 4.88 Å². The molecule has 0 N–H and O–H groups in total. The van der Waals surface area contributed by atoms with Gasteiger partial charge in [-0.05, 0) is 31.4 Å². The van der Waals surface area contributed by atoms with Crippen molar-refractivity contribution >= 4 is 28.0 Å². The van der Waals surface area contributed by atoms with Crippen molar-refractivity contribution in [3.05, 3.63) is 21.4 Å². The van der Waals surface area contributed by atoms with E-state index in [1.54, 1.807) is 11.3 Å². The first kappa shape index (κ1) is 13.7. The maximum atomic E-state index is 12.4. The van der Waals surface area contributed by atoms with Gasteiger partial charge in [0.15, 0.2) is 0 Å². The molecular weight excluding hydrogens is 266 g/mol. The van der Waals surface area contributed by atoms with Gasteiger partial charge in [0.1, 0.15) is 0 Å². The van der Waals surface area contributed by atoms with E-state index in [1.165, 1.54) is 10.4 Å². The number of aryl methyl sites for hydroxylation is 2. The van der Waals surface area contributed by atoms with Crippen LogP contribution in [0.3, 0.4) is 0 Å². The number of thiophene rings is 1. The van der Waals surface area contributed by atoms with Gasteiger partial charge in [0.25, 0.3) is 5.91 Å². The number of carbonyl (C=O) groups is 1. The SMILES string of the molecule is Cc1cc(C(=O)N2CC[S@@](=O)C[C@H](C)C2)sc1C. The lowest BCUT2D eigenvalue weighted by atomic mass is 10.2. The predicted octanol–water partition coefficient (Wildman–Crippen LogP) is 2.21. The van der Waals surface area contributed by atoms with Gasteiger partial charge < -0.3 is 4.90 Å². The highest BCUT2D eigenvalue weighted by atomic mass is 32.2. The zero-order valence-corrected chi connectivity index (χ0v) is 12.7. The van der Waals surface area contributed by atoms with E-state index in [0.29, 0.717) is 24.0 Å². The van der Waals surface area contributed by atoms with Gasteiger partial charge in [-0.1, -0.05) is 6.92 Å². The van der Waals surface area contributed by atoms with Crippen molar-refractivity contribution in [2.24, 2.45) is 5.92 Å². The Morgan fingerprint density at radius 1 is 1.50 bits per heavy atom. The molecular formula is C13H19NO2S2. The van der Waals surface area contributed by atoms with E-state index in [9.17, 15) is 9.00 Å². The quantitative estimate of drug-likeness (QED) is 0.793. The van der Waals surface area contributed by atoms with E-state index >= 15 is 0 Å². The van der Waals surface area contributed by atoms with Crippen LogP contribution in [0, 0.1) is 19.8 Å². The summed E-state index contributed by atoms with van der Waals surface area (Å²) in [4.78, 5) is 16.3. The average molecular weight is 285 g/mol. The molecule has 1 aliphatic rings. The van der Waals surface area contributed by atoms with E-state index in [4.69, 9.17) is 0 Å². The van der Waals surface area contributed by atoms with Crippen LogP contribution in [0.2, 0.25) is 0 Å². The van der Waals surface area contributed by atoms with Gasteiger partial charge in [-0.25, -0.2) is 0 Å². The van der Waals surface area contributed by atoms with Gasteiger partial charge in [0, 0.05) is 40.3 Å². The van der Waals surface area contributed by atoms with Gasteiger partial charge in [0.2, 0.25) is 0 Å². The molecule has 1 aromatic heterocycles. The lowest BCUT2D eigenvalue weighted by molar-refractivity contribution is 0.0756. The molecule has 0 radical (unpaired) electrons. The Morgan fingerprint density at radius 3 is 2.83 bits per heavy atom. The highest BCUT2D eigenvalue weighted by Crippen LogP contribution is 2.23. The van der Waals surface area contributed by atoms with Crippen molar-refractivity contribution in [3.63, 3.8) is 0 Å². The summed E-state index contributed by atoms with van der Waals surface area (Å²) in [6.07, 6.45) is 0. The first-order valence-corrected chi connectivity index (χ1v) is 8.49. The van der Waals surface area contributed by atoms with E-state index in [2.05, 4.69) is 6.92 Å². The number of hydrogen-bond donors (Lipinski definition) is 0. The van der Waals surface area contributed by atoms with Gasteiger partial charge in [-0.2, -0.15) is 0 Å². The molecule has 2 atom stereocenters. The van der Waals surface area contributed by atoms with E-state index in [-0.39, 0.29) is 5.91 Å². The topological polar surface area (TPSA) is 37.4 Å². The maximum absolute atomic E-state index is 12.4. The highest BCUT2D eigenvalue weighted by Gasteiger charge is 2.24. The summed E-state index contributed by atoms with van der Waals surface area (Å²) in [5.41, 5.74) is 1.18. The fraction of sp³-hybridized carbons (Fsp3) is 0.615. The predicted molar refractivity (Wildman–Crippen MR) is 76.7 cm³/mol. The number of amides is 1. The molecule has 0 aromatic carbocycles. The molecule has 5 heteroatoms. The normalized spacial score (nSPS) is 24.9. The number of nitrogens with zero attached hydrogens (tertiary/aromatic N) is 1. The molecule has 0 spiro atoms. The molecule has 3 nitrogen and oxygen atoms in total. The largest absolute Gasteiger partial charge is 0.337 e. The molecule has 18 heavy (non-hydrogen) atoms. The summed E-state index contributed by atoms with van der Waals surface area (Å²) in [6, 6.07) is 1.97. The second-order valence-electron chi connectivity index (χ2n) is 5.02. The zero-order chi connectivity index (χ0) is 13.3. The fourth-order valence-electron chi connectivity index (χ4n) is 2.15. The molecule has 0 aliphatic carbocycles. The Labute approximate surface area is 115 Å². The summed E-state index contributed by atoms with van der Waals surface area (Å²) < 4.78 is 11.6. The molecule has 2 rings (SSSR count). The Balaban J connectivity index is 2.15. The molecule has 1 amide bonds. The second kappa shape index (κ2) is 5.53. The minimum atomic E-state index is -0.771. The van der Waals surface area contributed by atoms with Crippen LogP contribution in [0.5, 0.6) is 0 Å². The van der Waals surface area contributed by atoms with Crippen molar-refractivity contribution in [2.45, 2.75) is 20.8 Å². The Kier molecular flexibility index (Phi) is 4.22. The molecule has 0 unspecified atom stereocenters. The molecule has 100 valence electrons. The van der Waals surface area contributed by atoms with Gasteiger partial charge in [-0.3, -0.25) is 9.00 Å². The first-order valence-electron chi connectivity index (χ1n) is 6.18. The van der Waals surface area contributed by atoms with Crippen LogP contribution in [0.4, 0.5) is 0 Å². The number of hydrogen-bond acceptors (Lipinski definition) is 3. The fourth-order valence-corrected chi connectivity index (χ4v) is 4.48. The highest BCUT2D eigenvalue weighted by molar-refractivity contribution is 7.85. The molecule has 1 fully saturated rings. The first-order chi connectivity index (χ1) is 8.47. The third kappa shape index (κ3) is 3.01. The zero-order valence-electron chi connectivity index (χ0n) is 11.1. The van der Waals surface area contributed by atoms with Crippen molar-refractivity contribution in [1.82, 2.24) is 4.90 Å². The molecule has 0 bridgehead atoms. The maximum Gasteiger partial charge on any atom is 0.263 e. The van der Waals surface area contributed by atoms with Crippen LogP contribution in [-0.4, -0.2) is 39.6 Å². The average Bonchev–Trinajstić information content (AvgIpc) is 2.53. The van der Waals surface area contributed by atoms with Crippen molar-refractivity contribution < 1.29 is 9.00 Å². The molecule has 1 saturated heterocycles. The summed E-state index contributed by atoms with van der Waals surface area (Å²) >= 11 is 1.56. The lowest BCUT2D eigenvalue weighted by Gasteiger charge is -2.21. The van der Waals surface area contributed by atoms with Crippen molar-refractivity contribution in [3.8, 4) is 0 Å². The lowest BCUT2D eigenvalue weighted by Crippen LogP contribution is -2.34. The third-order valence-electron chi connectivity index (χ3n) is 3.26. The number of carbonyl (C=O) groups excluding carboxylic acids is 1. The smallest absolute Gasteiger partial charge is 0.263 e. The van der Waals surface area contributed by atoms with E-state index < -0.39 is 10.8 Å². The van der Waals surface area contributed by atoms with Gasteiger partial charge >= 0.3 is 0 Å². The molecule has 1 aromatic rings. The van der Waals surface area contributed by atoms with Crippen LogP contribution in [0.15, 0.2) is 6.07 Å². The van der Waals surface area contributed by atoms with Crippen molar-refractivity contribution in [1.29, 1.82) is 0 Å². The Morgan fingerprint density at radius 2 is 2.22 bits per heavy atom. The summed E-state index contributed by atoms with van der Waals surface area (Å²) in [7, 11) is -0.771. The van der Waals surface area contributed by atoms with Crippen LogP contribution >= 0.6 is 11.3 Å². The monoisotopic (exact) mass is 285 g/mol. The summed E-state index contributed by atoms with van der Waals surface area (Å²) in [5.74, 6) is 1.74.